The number of hydrogen-bond acceptors (Lipinski definition) is 4. The van der Waals surface area contributed by atoms with Crippen LogP contribution in [0.15, 0.2) is 29.4 Å². The van der Waals surface area contributed by atoms with E-state index in [4.69, 9.17) is 5.26 Å². The van der Waals surface area contributed by atoms with Crippen LogP contribution in [0.1, 0.15) is 6.92 Å². The number of nitrogens with zero attached hydrogens (tertiary/aromatic N) is 3. The number of rotatable bonds is 3. The van der Waals surface area contributed by atoms with Gasteiger partial charge in [-0.2, -0.15) is 5.26 Å². The van der Waals surface area contributed by atoms with Crippen LogP contribution in [0.5, 0.6) is 0 Å². The third-order valence-corrected chi connectivity index (χ3v) is 2.91. The molecular weight excluding hydrogens is 239 g/mol. The van der Waals surface area contributed by atoms with Gasteiger partial charge in [0.25, 0.3) is 0 Å². The number of H-pyrrole nitrogens is 1. The third kappa shape index (κ3) is 2.63. The summed E-state index contributed by atoms with van der Waals surface area (Å²) < 4.78 is 13.5. The monoisotopic (exact) mass is 248 g/mol. The van der Waals surface area contributed by atoms with E-state index in [9.17, 15) is 4.39 Å². The van der Waals surface area contributed by atoms with Crippen LogP contribution in [0.2, 0.25) is 0 Å². The van der Waals surface area contributed by atoms with Crippen molar-refractivity contribution in [2.75, 3.05) is 0 Å². The van der Waals surface area contributed by atoms with Crippen LogP contribution in [-0.2, 0) is 0 Å². The fourth-order valence-corrected chi connectivity index (χ4v) is 1.87. The molecule has 2 rings (SSSR count). The van der Waals surface area contributed by atoms with Crippen molar-refractivity contribution >= 4 is 11.8 Å². The summed E-state index contributed by atoms with van der Waals surface area (Å²) in [6.07, 6.45) is 0. The zero-order valence-corrected chi connectivity index (χ0v) is 9.83. The standard InChI is InChI=1S/C11H9FN4S/c1-7(6-13)17-11-14-10(15-16-11)8-4-2-3-5-9(8)12/h2-5,7H,1H3,(H,14,15,16)/t7-/m0/s1. The zero-order valence-electron chi connectivity index (χ0n) is 9.01. The molecular formula is C11H9FN4S. The van der Waals surface area contributed by atoms with Gasteiger partial charge >= 0.3 is 0 Å². The van der Waals surface area contributed by atoms with Crippen molar-refractivity contribution in [2.24, 2.45) is 0 Å². The number of aromatic amines is 1. The average Bonchev–Trinajstić information content (AvgIpc) is 2.78. The fraction of sp³-hybridized carbons (Fsp3) is 0.182. The highest BCUT2D eigenvalue weighted by atomic mass is 32.2. The number of aromatic nitrogens is 3. The van der Waals surface area contributed by atoms with E-state index in [0.29, 0.717) is 16.5 Å². The summed E-state index contributed by atoms with van der Waals surface area (Å²) >= 11 is 1.23. The van der Waals surface area contributed by atoms with E-state index < -0.39 is 0 Å². The van der Waals surface area contributed by atoms with Gasteiger partial charge in [0.15, 0.2) is 5.82 Å². The normalized spacial score (nSPS) is 12.1. The Morgan fingerprint density at radius 1 is 1.47 bits per heavy atom. The van der Waals surface area contributed by atoms with Gasteiger partial charge in [-0.3, -0.25) is 5.10 Å². The lowest BCUT2D eigenvalue weighted by atomic mass is 10.2. The Bertz CT molecular complexity index is 561. The zero-order chi connectivity index (χ0) is 12.3. The van der Waals surface area contributed by atoms with Gasteiger partial charge in [-0.15, -0.1) is 5.10 Å². The molecule has 0 aliphatic carbocycles. The summed E-state index contributed by atoms with van der Waals surface area (Å²) in [4.78, 5) is 4.13. The van der Waals surface area contributed by atoms with E-state index >= 15 is 0 Å². The number of benzene rings is 1. The van der Waals surface area contributed by atoms with Crippen molar-refractivity contribution in [1.82, 2.24) is 15.2 Å². The number of halogens is 1. The molecule has 1 aromatic heterocycles. The Hall–Kier alpha value is -1.87. The minimum atomic E-state index is -0.353. The molecule has 86 valence electrons. The number of nitrogens with one attached hydrogen (secondary N) is 1. The summed E-state index contributed by atoms with van der Waals surface area (Å²) in [7, 11) is 0. The van der Waals surface area contributed by atoms with E-state index in [-0.39, 0.29) is 11.1 Å². The van der Waals surface area contributed by atoms with Gasteiger partial charge in [-0.05, 0) is 19.1 Å². The first kappa shape index (κ1) is 11.6. The molecule has 2 aromatic rings. The molecule has 0 amide bonds. The minimum Gasteiger partial charge on any atom is -0.258 e. The Morgan fingerprint density at radius 2 is 2.24 bits per heavy atom. The van der Waals surface area contributed by atoms with Crippen molar-refractivity contribution in [3.8, 4) is 17.5 Å². The Morgan fingerprint density at radius 3 is 2.94 bits per heavy atom. The van der Waals surface area contributed by atoms with Crippen molar-refractivity contribution in [3.63, 3.8) is 0 Å². The molecule has 1 N–H and O–H groups in total. The first-order chi connectivity index (χ1) is 8.20. The molecule has 1 heterocycles. The molecule has 0 spiro atoms. The lowest BCUT2D eigenvalue weighted by Crippen LogP contribution is -1.90. The second kappa shape index (κ2) is 4.97. The maximum absolute atomic E-state index is 13.5. The molecule has 1 atom stereocenters. The molecule has 0 bridgehead atoms. The van der Waals surface area contributed by atoms with Crippen molar-refractivity contribution in [1.29, 1.82) is 5.26 Å². The van der Waals surface area contributed by atoms with Crippen molar-refractivity contribution in [2.45, 2.75) is 17.3 Å². The van der Waals surface area contributed by atoms with Gasteiger partial charge < -0.3 is 0 Å². The van der Waals surface area contributed by atoms with Crippen LogP contribution in [0.3, 0.4) is 0 Å². The van der Waals surface area contributed by atoms with Crippen molar-refractivity contribution in [3.05, 3.63) is 30.1 Å². The van der Waals surface area contributed by atoms with Crippen LogP contribution < -0.4 is 0 Å². The van der Waals surface area contributed by atoms with Gasteiger partial charge in [0.1, 0.15) is 5.82 Å². The van der Waals surface area contributed by atoms with Gasteiger partial charge in [0, 0.05) is 0 Å². The van der Waals surface area contributed by atoms with Crippen LogP contribution in [-0.4, -0.2) is 20.4 Å². The number of nitriles is 1. The summed E-state index contributed by atoms with van der Waals surface area (Å²) in [6, 6.07) is 8.40. The van der Waals surface area contributed by atoms with E-state index in [0.717, 1.165) is 0 Å². The molecule has 6 heteroatoms. The quantitative estimate of drug-likeness (QED) is 0.848. The van der Waals surface area contributed by atoms with Gasteiger partial charge in [0.2, 0.25) is 5.16 Å². The first-order valence-electron chi connectivity index (χ1n) is 4.94. The Kier molecular flexibility index (Phi) is 3.40. The van der Waals surface area contributed by atoms with Crippen LogP contribution in [0, 0.1) is 17.1 Å². The molecule has 0 unspecified atom stereocenters. The van der Waals surface area contributed by atoms with Gasteiger partial charge in [-0.25, -0.2) is 9.37 Å². The summed E-state index contributed by atoms with van der Waals surface area (Å²) in [6.45, 7) is 1.75. The Balaban J connectivity index is 2.25. The lowest BCUT2D eigenvalue weighted by molar-refractivity contribution is 0.630. The number of hydrogen-bond donors (Lipinski definition) is 1. The van der Waals surface area contributed by atoms with E-state index in [1.54, 1.807) is 25.1 Å². The molecule has 0 radical (unpaired) electrons. The lowest BCUT2D eigenvalue weighted by Gasteiger charge is -1.97. The van der Waals surface area contributed by atoms with E-state index in [1.807, 2.05) is 0 Å². The predicted molar refractivity (Wildman–Crippen MR) is 62.7 cm³/mol. The second-order valence-corrected chi connectivity index (χ2v) is 4.64. The molecule has 0 saturated carbocycles. The highest BCUT2D eigenvalue weighted by Gasteiger charge is 2.12. The summed E-state index contributed by atoms with van der Waals surface area (Å²) in [5, 5.41) is 15.5. The maximum Gasteiger partial charge on any atom is 0.210 e. The molecule has 17 heavy (non-hydrogen) atoms. The van der Waals surface area contributed by atoms with Crippen LogP contribution >= 0.6 is 11.8 Å². The van der Waals surface area contributed by atoms with Crippen LogP contribution in [0.4, 0.5) is 4.39 Å². The van der Waals surface area contributed by atoms with E-state index in [1.165, 1.54) is 17.8 Å². The summed E-state index contributed by atoms with van der Waals surface area (Å²) in [5.41, 5.74) is 0.372. The molecule has 0 aliphatic heterocycles. The average molecular weight is 248 g/mol. The number of thioether (sulfide) groups is 1. The predicted octanol–water partition coefficient (Wildman–Crippen LogP) is 2.61. The Labute approximate surface area is 102 Å². The third-order valence-electron chi connectivity index (χ3n) is 2.06. The first-order valence-corrected chi connectivity index (χ1v) is 5.82. The van der Waals surface area contributed by atoms with Gasteiger partial charge in [-0.1, -0.05) is 23.9 Å². The molecule has 1 aromatic carbocycles. The molecule has 0 fully saturated rings. The molecule has 4 nitrogen and oxygen atoms in total. The highest BCUT2D eigenvalue weighted by molar-refractivity contribution is 8.00. The fourth-order valence-electron chi connectivity index (χ4n) is 1.26. The summed E-state index contributed by atoms with van der Waals surface area (Å²) in [5.74, 6) is 0.0178. The molecule has 0 aliphatic rings. The maximum atomic E-state index is 13.5. The van der Waals surface area contributed by atoms with Crippen molar-refractivity contribution < 1.29 is 4.39 Å². The second-order valence-electron chi connectivity index (χ2n) is 3.34. The molecule has 0 saturated heterocycles. The SMILES string of the molecule is C[C@@H](C#N)Sc1n[nH]c(-c2ccccc2F)n1. The largest absolute Gasteiger partial charge is 0.258 e. The minimum absolute atomic E-state index is 0.237. The topological polar surface area (TPSA) is 65.4 Å². The van der Waals surface area contributed by atoms with Crippen LogP contribution in [0.25, 0.3) is 11.4 Å². The van der Waals surface area contributed by atoms with E-state index in [2.05, 4.69) is 21.3 Å². The van der Waals surface area contributed by atoms with Gasteiger partial charge in [0.05, 0.1) is 16.9 Å². The highest BCUT2D eigenvalue weighted by Crippen LogP contribution is 2.23. The smallest absolute Gasteiger partial charge is 0.210 e.